The lowest BCUT2D eigenvalue weighted by molar-refractivity contribution is 0.378. The van der Waals surface area contributed by atoms with Gasteiger partial charge < -0.3 is 10.2 Å². The molecule has 0 spiro atoms. The van der Waals surface area contributed by atoms with Crippen molar-refractivity contribution in [1.82, 2.24) is 0 Å². The van der Waals surface area contributed by atoms with Gasteiger partial charge in [-0.2, -0.15) is 0 Å². The number of aryl methyl sites for hydroxylation is 1. The third-order valence-electron chi connectivity index (χ3n) is 1.19. The van der Waals surface area contributed by atoms with Crippen LogP contribution in [0.25, 0.3) is 0 Å². The van der Waals surface area contributed by atoms with Crippen LogP contribution in [0.2, 0.25) is 0 Å². The Balaban J connectivity index is 0.000000561. The number of halogens is 1. The van der Waals surface area contributed by atoms with E-state index < -0.39 is 17.3 Å². The summed E-state index contributed by atoms with van der Waals surface area (Å²) in [6, 6.07) is 2.44. The molecule has 0 saturated carbocycles. The van der Waals surface area contributed by atoms with E-state index >= 15 is 0 Å². The smallest absolute Gasteiger partial charge is 0.194 e. The number of benzene rings is 1. The summed E-state index contributed by atoms with van der Waals surface area (Å²) in [7, 11) is 0. The van der Waals surface area contributed by atoms with Crippen molar-refractivity contribution in [3.8, 4) is 11.5 Å². The molecule has 0 aliphatic heterocycles. The number of rotatable bonds is 0. The van der Waals surface area contributed by atoms with Crippen LogP contribution < -0.4 is 0 Å². The first-order valence-electron chi connectivity index (χ1n) is 3.79. The zero-order valence-corrected chi connectivity index (χ0v) is 7.43. The molecule has 0 unspecified atom stereocenters. The predicted octanol–water partition coefficient (Wildman–Crippen LogP) is 2.57. The Labute approximate surface area is 71.3 Å². The van der Waals surface area contributed by atoms with Gasteiger partial charge >= 0.3 is 0 Å². The van der Waals surface area contributed by atoms with E-state index in [1.165, 1.54) is 6.07 Å². The lowest BCUT2D eigenvalue weighted by Crippen LogP contribution is -1.79. The van der Waals surface area contributed by atoms with Gasteiger partial charge in [0.2, 0.25) is 0 Å². The van der Waals surface area contributed by atoms with Crippen LogP contribution >= 0.6 is 0 Å². The van der Waals surface area contributed by atoms with Crippen LogP contribution in [-0.4, -0.2) is 10.2 Å². The van der Waals surface area contributed by atoms with E-state index in [9.17, 15) is 4.39 Å². The topological polar surface area (TPSA) is 40.5 Å². The van der Waals surface area contributed by atoms with E-state index in [-0.39, 0.29) is 0 Å². The Kier molecular flexibility index (Phi) is 4.11. The Morgan fingerprint density at radius 2 is 1.67 bits per heavy atom. The molecule has 0 aromatic heterocycles. The SMILES string of the molecule is CC.Cc1cc(O)c(O)c(F)c1. The van der Waals surface area contributed by atoms with Crippen LogP contribution in [0, 0.1) is 12.7 Å². The van der Waals surface area contributed by atoms with Gasteiger partial charge in [0.1, 0.15) is 0 Å². The second kappa shape index (κ2) is 4.59. The van der Waals surface area contributed by atoms with Crippen LogP contribution in [0.5, 0.6) is 11.5 Å². The summed E-state index contributed by atoms with van der Waals surface area (Å²) in [6.45, 7) is 5.63. The van der Waals surface area contributed by atoms with Gasteiger partial charge in [-0.15, -0.1) is 0 Å². The highest BCUT2D eigenvalue weighted by Gasteiger charge is 2.05. The van der Waals surface area contributed by atoms with Crippen molar-refractivity contribution in [2.75, 3.05) is 0 Å². The van der Waals surface area contributed by atoms with E-state index in [4.69, 9.17) is 10.2 Å². The molecule has 0 radical (unpaired) electrons. The van der Waals surface area contributed by atoms with Gasteiger partial charge in [0.05, 0.1) is 0 Å². The first kappa shape index (κ1) is 10.8. The Bertz CT molecular complexity index is 236. The molecule has 0 amide bonds. The quantitative estimate of drug-likeness (QED) is 0.590. The summed E-state index contributed by atoms with van der Waals surface area (Å²) >= 11 is 0. The van der Waals surface area contributed by atoms with Gasteiger partial charge in [0.15, 0.2) is 17.3 Å². The van der Waals surface area contributed by atoms with Crippen LogP contribution in [0.1, 0.15) is 19.4 Å². The summed E-state index contributed by atoms with van der Waals surface area (Å²) in [5.74, 6) is -1.90. The van der Waals surface area contributed by atoms with Crippen molar-refractivity contribution < 1.29 is 14.6 Å². The Morgan fingerprint density at radius 3 is 2.08 bits per heavy atom. The van der Waals surface area contributed by atoms with Crippen LogP contribution in [0.4, 0.5) is 4.39 Å². The fraction of sp³-hybridized carbons (Fsp3) is 0.333. The number of hydrogen-bond donors (Lipinski definition) is 2. The third-order valence-corrected chi connectivity index (χ3v) is 1.19. The van der Waals surface area contributed by atoms with Crippen molar-refractivity contribution in [2.45, 2.75) is 20.8 Å². The molecule has 0 aliphatic rings. The summed E-state index contributed by atoms with van der Waals surface area (Å²) in [4.78, 5) is 0. The predicted molar refractivity (Wildman–Crippen MR) is 45.8 cm³/mol. The lowest BCUT2D eigenvalue weighted by Gasteiger charge is -1.98. The summed E-state index contributed by atoms with van der Waals surface area (Å²) in [5, 5.41) is 17.5. The molecule has 2 N–H and O–H groups in total. The molecule has 0 saturated heterocycles. The molecule has 0 aliphatic carbocycles. The number of phenolic OH excluding ortho intramolecular Hbond substituents is 2. The molecule has 3 heteroatoms. The van der Waals surface area contributed by atoms with Crippen LogP contribution in [-0.2, 0) is 0 Å². The fourth-order valence-electron chi connectivity index (χ4n) is 0.716. The van der Waals surface area contributed by atoms with Crippen molar-refractivity contribution in [3.05, 3.63) is 23.5 Å². The molecule has 1 aromatic carbocycles. The minimum atomic E-state index is -0.794. The van der Waals surface area contributed by atoms with Gasteiger partial charge in [-0.1, -0.05) is 13.8 Å². The summed E-state index contributed by atoms with van der Waals surface area (Å²) in [6.07, 6.45) is 0. The molecule has 12 heavy (non-hydrogen) atoms. The third kappa shape index (κ3) is 2.42. The molecule has 0 bridgehead atoms. The zero-order chi connectivity index (χ0) is 9.72. The fourth-order valence-corrected chi connectivity index (χ4v) is 0.716. The van der Waals surface area contributed by atoms with E-state index in [2.05, 4.69) is 0 Å². The van der Waals surface area contributed by atoms with Gasteiger partial charge in [-0.3, -0.25) is 0 Å². The second-order valence-electron chi connectivity index (χ2n) is 2.11. The molecule has 0 fully saturated rings. The Morgan fingerprint density at radius 1 is 1.17 bits per heavy atom. The van der Waals surface area contributed by atoms with Crippen molar-refractivity contribution in [2.24, 2.45) is 0 Å². The number of hydrogen-bond acceptors (Lipinski definition) is 2. The molecule has 1 aromatic rings. The normalized spacial score (nSPS) is 8.67. The molecule has 0 heterocycles. The zero-order valence-electron chi connectivity index (χ0n) is 7.43. The maximum atomic E-state index is 12.4. The monoisotopic (exact) mass is 172 g/mol. The average molecular weight is 172 g/mol. The van der Waals surface area contributed by atoms with Gasteiger partial charge in [0.25, 0.3) is 0 Å². The first-order valence-corrected chi connectivity index (χ1v) is 3.79. The van der Waals surface area contributed by atoms with Crippen LogP contribution in [0.3, 0.4) is 0 Å². The lowest BCUT2D eigenvalue weighted by atomic mass is 10.2. The van der Waals surface area contributed by atoms with Crippen molar-refractivity contribution in [3.63, 3.8) is 0 Å². The minimum absolute atomic E-state index is 0.419. The molecule has 0 atom stereocenters. The minimum Gasteiger partial charge on any atom is -0.504 e. The molecule has 1 rings (SSSR count). The van der Waals surface area contributed by atoms with Gasteiger partial charge in [0, 0.05) is 0 Å². The standard InChI is InChI=1S/C7H7FO2.C2H6/c1-4-2-5(8)7(10)6(9)3-4;1-2/h2-3,9-10H,1H3;1-2H3. The Hall–Kier alpha value is -1.25. The molecular formula is C9H13FO2. The van der Waals surface area contributed by atoms with Crippen molar-refractivity contribution >= 4 is 0 Å². The molecule has 2 nitrogen and oxygen atoms in total. The number of phenols is 2. The maximum absolute atomic E-state index is 12.4. The van der Waals surface area contributed by atoms with Gasteiger partial charge in [-0.05, 0) is 24.6 Å². The molecule has 68 valence electrons. The van der Waals surface area contributed by atoms with E-state index in [1.807, 2.05) is 13.8 Å². The second-order valence-corrected chi connectivity index (χ2v) is 2.11. The highest BCUT2D eigenvalue weighted by molar-refractivity contribution is 5.41. The van der Waals surface area contributed by atoms with E-state index in [0.29, 0.717) is 5.56 Å². The summed E-state index contributed by atoms with van der Waals surface area (Å²) < 4.78 is 12.4. The van der Waals surface area contributed by atoms with Crippen LogP contribution in [0.15, 0.2) is 12.1 Å². The highest BCUT2D eigenvalue weighted by Crippen LogP contribution is 2.28. The average Bonchev–Trinajstić information content (AvgIpc) is 2.04. The molecular weight excluding hydrogens is 159 g/mol. The highest BCUT2D eigenvalue weighted by atomic mass is 19.1. The van der Waals surface area contributed by atoms with E-state index in [0.717, 1.165) is 6.07 Å². The van der Waals surface area contributed by atoms with Gasteiger partial charge in [-0.25, -0.2) is 4.39 Å². The first-order chi connectivity index (χ1) is 5.61. The van der Waals surface area contributed by atoms with Crippen molar-refractivity contribution in [1.29, 1.82) is 0 Å². The summed E-state index contributed by atoms with van der Waals surface area (Å²) in [5.41, 5.74) is 0.577. The van der Waals surface area contributed by atoms with E-state index in [1.54, 1.807) is 6.92 Å². The number of aromatic hydroxyl groups is 2. The maximum Gasteiger partial charge on any atom is 0.194 e. The largest absolute Gasteiger partial charge is 0.504 e.